The Morgan fingerprint density at radius 1 is 0.868 bits per heavy atom. The molecule has 5 N–H and O–H groups in total. The van der Waals surface area contributed by atoms with Crippen LogP contribution in [0.4, 0.5) is 0 Å². The fourth-order valence-electron chi connectivity index (χ4n) is 9.78. The van der Waals surface area contributed by atoms with Gasteiger partial charge in [-0.05, 0) is 164 Å². The summed E-state index contributed by atoms with van der Waals surface area (Å²) in [4.78, 5) is 132. The molecule has 24 heteroatoms. The van der Waals surface area contributed by atoms with Gasteiger partial charge in [0.25, 0.3) is 5.91 Å². The van der Waals surface area contributed by atoms with Gasteiger partial charge in [0.2, 0.25) is 35.4 Å². The highest BCUT2D eigenvalue weighted by atomic mass is 35.5. The van der Waals surface area contributed by atoms with Crippen LogP contribution in [-0.2, 0) is 68.5 Å². The summed E-state index contributed by atoms with van der Waals surface area (Å²) in [6.07, 6.45) is 6.39. The van der Waals surface area contributed by atoms with E-state index in [0.717, 1.165) is 15.5 Å². The Hall–Kier alpha value is -6.01. The lowest BCUT2D eigenvalue weighted by atomic mass is 9.93. The zero-order valence-corrected chi connectivity index (χ0v) is 58.7. The number of rotatable bonds is 27. The monoisotopic (exact) mass is 1330 g/mol. The molecule has 1 aliphatic rings. The van der Waals surface area contributed by atoms with E-state index in [9.17, 15) is 38.4 Å². The van der Waals surface area contributed by atoms with Gasteiger partial charge in [-0.15, -0.1) is 0 Å². The molecular formula is C67H103ClN8O13S2. The van der Waals surface area contributed by atoms with Crippen LogP contribution in [0.15, 0.2) is 77.0 Å². The first kappa shape index (κ1) is 79.2. The fourth-order valence-corrected chi connectivity index (χ4v) is 11.8. The third-order valence-electron chi connectivity index (χ3n) is 15.8. The van der Waals surface area contributed by atoms with Crippen molar-refractivity contribution in [1.29, 1.82) is 0 Å². The van der Waals surface area contributed by atoms with Crippen molar-refractivity contribution in [3.05, 3.63) is 82.5 Å². The van der Waals surface area contributed by atoms with Gasteiger partial charge >= 0.3 is 11.9 Å². The quantitative estimate of drug-likeness (QED) is 0.0242. The molecule has 2 aromatic rings. The number of allylic oxidation sites excluding steroid dienone is 2. The molecule has 0 aliphatic carbocycles. The van der Waals surface area contributed by atoms with Gasteiger partial charge in [-0.25, -0.2) is 14.6 Å². The predicted octanol–water partition coefficient (Wildman–Crippen LogP) is 8.90. The zero-order chi connectivity index (χ0) is 68.0. The number of pyridine rings is 1. The van der Waals surface area contributed by atoms with Gasteiger partial charge in [0, 0.05) is 62.6 Å². The standard InChI is InChI=1S/C67H103ClN8O13S2/c1-16-44(5)58-61(81)72-48(9)65(85)89-59(45(6)17-2)46(7)23-22-24-47(8)64(84)88-53(39-43(3)4)60(80)73-51(62(82)76(15)52(40-49-27-29-50(68)30-28-49)63(83)75(14)42-56(79)74-58)25-18-20-33-69-55(78)41-67(12,13)86-36-32-66(10,11)87-37-35-70-54(77)31-38-90-91-57-26-19-21-34-71-57/h17,19,21,24,26-30,34,43-44,46,48,51-53,58-59H,16,18,20,22-23,25,31-33,35-42H2,1-15H3,(H,69,78)(H,70,77)(H,72,81)(H,73,80)(H,74,79)/b45-17+,47-24+/t44-,46+,48-,51+,52-,53-,58+,59-/m1/s1. The normalized spacial score (nSPS) is 22.3. The second-order valence-electron chi connectivity index (χ2n) is 25.2. The first-order valence-electron chi connectivity index (χ1n) is 31.8. The molecule has 7 amide bonds. The third-order valence-corrected chi connectivity index (χ3v) is 18.3. The molecule has 2 heterocycles. The number of ether oxygens (including phenoxy) is 4. The Morgan fingerprint density at radius 2 is 1.55 bits per heavy atom. The van der Waals surface area contributed by atoms with Crippen molar-refractivity contribution < 1.29 is 62.1 Å². The molecule has 1 aromatic heterocycles. The summed E-state index contributed by atoms with van der Waals surface area (Å²) in [6, 6.07) is 7.70. The van der Waals surface area contributed by atoms with Crippen LogP contribution in [0.2, 0.25) is 5.02 Å². The van der Waals surface area contributed by atoms with Gasteiger partial charge in [-0.1, -0.05) is 93.8 Å². The maximum absolute atomic E-state index is 15.1. The van der Waals surface area contributed by atoms with E-state index in [-0.39, 0.29) is 61.5 Å². The highest BCUT2D eigenvalue weighted by Crippen LogP contribution is 2.30. The number of cyclic esters (lactones) is 2. The molecule has 0 fully saturated rings. The van der Waals surface area contributed by atoms with Gasteiger partial charge in [0.05, 0.1) is 37.4 Å². The molecule has 21 nitrogen and oxygen atoms in total. The van der Waals surface area contributed by atoms with E-state index in [1.165, 1.54) is 36.7 Å². The summed E-state index contributed by atoms with van der Waals surface area (Å²) >= 11 is 6.26. The maximum atomic E-state index is 15.1. The van der Waals surface area contributed by atoms with E-state index in [4.69, 9.17) is 30.5 Å². The van der Waals surface area contributed by atoms with Gasteiger partial charge in [0.15, 0.2) is 6.10 Å². The summed E-state index contributed by atoms with van der Waals surface area (Å²) < 4.78 is 24.2. The largest absolute Gasteiger partial charge is 0.456 e. The summed E-state index contributed by atoms with van der Waals surface area (Å²) in [7, 11) is 5.95. The number of nitrogens with one attached hydrogen (secondary N) is 5. The first-order chi connectivity index (χ1) is 42.9. The summed E-state index contributed by atoms with van der Waals surface area (Å²) in [5, 5.41) is 15.6. The van der Waals surface area contributed by atoms with Crippen molar-refractivity contribution in [2.75, 3.05) is 52.7 Å². The molecule has 0 radical (unpaired) electrons. The summed E-state index contributed by atoms with van der Waals surface area (Å²) in [5.41, 5.74) is 0.247. The van der Waals surface area contributed by atoms with Crippen LogP contribution >= 0.6 is 33.2 Å². The van der Waals surface area contributed by atoms with Crippen LogP contribution in [0.25, 0.3) is 0 Å². The van der Waals surface area contributed by atoms with Crippen LogP contribution in [0, 0.1) is 17.8 Å². The van der Waals surface area contributed by atoms with Crippen molar-refractivity contribution in [2.45, 2.75) is 213 Å². The Balaban J connectivity index is 1.83. The predicted molar refractivity (Wildman–Crippen MR) is 357 cm³/mol. The number of hydrogen-bond acceptors (Lipinski definition) is 16. The molecular weight excluding hydrogens is 1220 g/mol. The molecule has 0 saturated heterocycles. The molecule has 1 aromatic carbocycles. The number of esters is 2. The Labute approximate surface area is 553 Å². The molecule has 91 heavy (non-hydrogen) atoms. The number of benzene rings is 1. The van der Waals surface area contributed by atoms with Crippen LogP contribution in [0.3, 0.4) is 0 Å². The van der Waals surface area contributed by atoms with E-state index in [2.05, 4.69) is 31.6 Å². The maximum Gasteiger partial charge on any atom is 0.334 e. The van der Waals surface area contributed by atoms with E-state index in [1.54, 1.807) is 61.2 Å². The molecule has 1 aliphatic heterocycles. The highest BCUT2D eigenvalue weighted by Gasteiger charge is 2.38. The number of carbonyl (C=O) groups excluding carboxylic acids is 9. The van der Waals surface area contributed by atoms with Crippen LogP contribution < -0.4 is 26.6 Å². The number of amides is 7. The summed E-state index contributed by atoms with van der Waals surface area (Å²) in [6.45, 7) is 24.3. The summed E-state index contributed by atoms with van der Waals surface area (Å²) in [5.74, 6) is -5.17. The minimum Gasteiger partial charge on any atom is -0.456 e. The molecule has 0 unspecified atom stereocenters. The van der Waals surface area contributed by atoms with E-state index >= 15 is 4.79 Å². The smallest absolute Gasteiger partial charge is 0.334 e. The van der Waals surface area contributed by atoms with Gasteiger partial charge < -0.3 is 55.3 Å². The Morgan fingerprint density at radius 3 is 2.20 bits per heavy atom. The number of hydrogen-bond donors (Lipinski definition) is 5. The van der Waals surface area contributed by atoms with Crippen molar-refractivity contribution in [1.82, 2.24) is 41.4 Å². The van der Waals surface area contributed by atoms with E-state index in [0.29, 0.717) is 81.0 Å². The third kappa shape index (κ3) is 29.7. The van der Waals surface area contributed by atoms with Crippen molar-refractivity contribution in [3.63, 3.8) is 0 Å². The van der Waals surface area contributed by atoms with Gasteiger partial charge in [-0.2, -0.15) is 0 Å². The van der Waals surface area contributed by atoms with E-state index in [1.807, 2.05) is 93.5 Å². The Bertz CT molecular complexity index is 2750. The van der Waals surface area contributed by atoms with Crippen LogP contribution in [-0.4, -0.2) is 168 Å². The molecule has 0 spiro atoms. The average Bonchev–Trinajstić information content (AvgIpc) is 1.20. The number of aromatic nitrogens is 1. The minimum atomic E-state index is -1.32. The zero-order valence-electron chi connectivity index (χ0n) is 56.3. The number of carbonyl (C=O) groups is 9. The first-order valence-corrected chi connectivity index (χ1v) is 34.5. The second kappa shape index (κ2) is 40.2. The molecule has 0 bridgehead atoms. The Kier molecular flexibility index (Phi) is 35.0. The molecule has 508 valence electrons. The minimum absolute atomic E-state index is 0.0317. The number of nitrogens with zero attached hydrogens (tertiary/aromatic N) is 3. The molecule has 8 atom stereocenters. The lowest BCUT2D eigenvalue weighted by Crippen LogP contribution is -2.58. The van der Waals surface area contributed by atoms with Gasteiger partial charge in [0.1, 0.15) is 35.3 Å². The number of halogens is 1. The molecule has 3 rings (SSSR count). The van der Waals surface area contributed by atoms with Crippen LogP contribution in [0.1, 0.15) is 160 Å². The van der Waals surface area contributed by atoms with Crippen LogP contribution in [0.5, 0.6) is 0 Å². The van der Waals surface area contributed by atoms with Gasteiger partial charge in [-0.3, -0.25) is 33.6 Å². The lowest BCUT2D eigenvalue weighted by molar-refractivity contribution is -0.154. The van der Waals surface area contributed by atoms with Crippen molar-refractivity contribution in [2.24, 2.45) is 17.8 Å². The van der Waals surface area contributed by atoms with Crippen molar-refractivity contribution in [3.8, 4) is 0 Å². The molecule has 0 saturated carbocycles. The van der Waals surface area contributed by atoms with E-state index < -0.39 is 102 Å². The average molecular weight is 1330 g/mol. The van der Waals surface area contributed by atoms with Crippen molar-refractivity contribution >= 4 is 86.5 Å². The lowest BCUT2D eigenvalue weighted by Gasteiger charge is -2.34. The second-order valence-corrected chi connectivity index (χ2v) is 28.1. The topological polar surface area (TPSA) is 270 Å². The number of unbranched alkanes of at least 4 members (excludes halogenated alkanes) is 1. The fraction of sp³-hybridized carbons (Fsp3) is 0.642. The highest BCUT2D eigenvalue weighted by molar-refractivity contribution is 8.76. The SMILES string of the molecule is C/C=C(\C)[C@H]1OC(=O)[C@@H](C)NC(=O)[C@H]([C@H](C)CC)NC(=O)CN(C)C(=O)[C@@H](Cc2ccc(Cl)cc2)N(C)C(=O)[C@H](CCCCNC(=O)CC(C)(C)OCCC(C)(C)OCCNC(=O)CCSSc2ccccn2)NC(=O)[C@@H](CC(C)C)OC(=O)/C(C)=C/CC[C@@H]1C. The number of likely N-dealkylation sites (N-methyl/N-ethyl adjacent to an activating group) is 2.